The second-order valence-corrected chi connectivity index (χ2v) is 3.97. The van der Waals surface area contributed by atoms with E-state index in [4.69, 9.17) is 5.73 Å². The van der Waals surface area contributed by atoms with Gasteiger partial charge in [0.05, 0.1) is 0 Å². The number of rotatable bonds is 6. The normalized spacial score (nSPS) is 12.1. The molecule has 1 heterocycles. The third-order valence-corrected chi connectivity index (χ3v) is 2.37. The summed E-state index contributed by atoms with van der Waals surface area (Å²) in [7, 11) is 0. The average molecular weight is 221 g/mol. The van der Waals surface area contributed by atoms with Crippen LogP contribution in [0.3, 0.4) is 0 Å². The fraction of sp³-hybridized carbons (Fsp3) is 0.500. The van der Waals surface area contributed by atoms with Crippen LogP contribution in [0.4, 0.5) is 0 Å². The molecule has 0 spiro atoms. The third-order valence-electron chi connectivity index (χ3n) is 2.37. The zero-order valence-electron chi connectivity index (χ0n) is 9.65. The van der Waals surface area contributed by atoms with Crippen molar-refractivity contribution < 1.29 is 4.79 Å². The number of carbonyl (C=O) groups excluding carboxylic acids is 1. The Morgan fingerprint density at radius 3 is 3.00 bits per heavy atom. The zero-order chi connectivity index (χ0) is 11.8. The van der Waals surface area contributed by atoms with Crippen molar-refractivity contribution in [2.45, 2.75) is 19.8 Å². The van der Waals surface area contributed by atoms with Crippen LogP contribution in [0.2, 0.25) is 0 Å². The van der Waals surface area contributed by atoms with E-state index < -0.39 is 0 Å². The Balaban J connectivity index is 2.18. The molecular formula is C12H19N3O. The Kier molecular flexibility index (Phi) is 5.50. The fourth-order valence-electron chi connectivity index (χ4n) is 1.35. The quantitative estimate of drug-likeness (QED) is 0.744. The number of carbonyl (C=O) groups is 1. The molecule has 4 heteroatoms. The average Bonchev–Trinajstić information content (AvgIpc) is 2.30. The molecule has 1 unspecified atom stereocenters. The van der Waals surface area contributed by atoms with Crippen molar-refractivity contribution in [3.8, 4) is 0 Å². The molecule has 1 rings (SSSR count). The number of aromatic nitrogens is 1. The predicted molar refractivity (Wildman–Crippen MR) is 63.8 cm³/mol. The van der Waals surface area contributed by atoms with E-state index >= 15 is 0 Å². The Bertz CT molecular complexity index is 313. The van der Waals surface area contributed by atoms with Crippen LogP contribution in [0, 0.1) is 5.92 Å². The lowest BCUT2D eigenvalue weighted by Gasteiger charge is -2.08. The first-order chi connectivity index (χ1) is 7.72. The van der Waals surface area contributed by atoms with Crippen LogP contribution in [0.25, 0.3) is 0 Å². The maximum Gasteiger partial charge on any atom is 0.220 e. The third kappa shape index (κ3) is 4.89. The van der Waals surface area contributed by atoms with Crippen molar-refractivity contribution in [2.24, 2.45) is 11.7 Å². The van der Waals surface area contributed by atoms with Gasteiger partial charge >= 0.3 is 0 Å². The summed E-state index contributed by atoms with van der Waals surface area (Å²) in [6, 6.07) is 5.78. The van der Waals surface area contributed by atoms with Crippen LogP contribution < -0.4 is 11.1 Å². The molecule has 0 fully saturated rings. The topological polar surface area (TPSA) is 68.0 Å². The van der Waals surface area contributed by atoms with Crippen molar-refractivity contribution in [1.29, 1.82) is 0 Å². The van der Waals surface area contributed by atoms with Gasteiger partial charge in [-0.05, 0) is 24.6 Å². The number of nitrogens with two attached hydrogens (primary N) is 1. The Morgan fingerprint density at radius 2 is 2.38 bits per heavy atom. The summed E-state index contributed by atoms with van der Waals surface area (Å²) >= 11 is 0. The van der Waals surface area contributed by atoms with Crippen LogP contribution in [0.1, 0.15) is 19.0 Å². The van der Waals surface area contributed by atoms with E-state index in [0.717, 1.165) is 12.1 Å². The second kappa shape index (κ2) is 6.95. The lowest BCUT2D eigenvalue weighted by molar-refractivity contribution is -0.121. The molecule has 0 radical (unpaired) electrons. The SMILES string of the molecule is CC(CN)CC(=O)NCCc1ccccn1. The first-order valence-electron chi connectivity index (χ1n) is 5.59. The van der Waals surface area contributed by atoms with E-state index in [9.17, 15) is 4.79 Å². The summed E-state index contributed by atoms with van der Waals surface area (Å²) in [5.74, 6) is 0.309. The highest BCUT2D eigenvalue weighted by Gasteiger charge is 2.06. The molecule has 4 nitrogen and oxygen atoms in total. The van der Waals surface area contributed by atoms with Crippen molar-refractivity contribution in [3.63, 3.8) is 0 Å². The van der Waals surface area contributed by atoms with E-state index in [0.29, 0.717) is 19.5 Å². The van der Waals surface area contributed by atoms with Gasteiger partial charge in [-0.3, -0.25) is 9.78 Å². The van der Waals surface area contributed by atoms with Gasteiger partial charge in [-0.1, -0.05) is 13.0 Å². The molecule has 3 N–H and O–H groups in total. The van der Waals surface area contributed by atoms with Gasteiger partial charge in [0.25, 0.3) is 0 Å². The molecule has 0 bridgehead atoms. The maximum absolute atomic E-state index is 11.4. The molecular weight excluding hydrogens is 202 g/mol. The van der Waals surface area contributed by atoms with Crippen molar-refractivity contribution >= 4 is 5.91 Å². The summed E-state index contributed by atoms with van der Waals surface area (Å²) in [5.41, 5.74) is 6.45. The second-order valence-electron chi connectivity index (χ2n) is 3.97. The van der Waals surface area contributed by atoms with Crippen LogP contribution in [-0.2, 0) is 11.2 Å². The van der Waals surface area contributed by atoms with Crippen molar-refractivity contribution in [1.82, 2.24) is 10.3 Å². The monoisotopic (exact) mass is 221 g/mol. The van der Waals surface area contributed by atoms with Crippen LogP contribution >= 0.6 is 0 Å². The standard InChI is InChI=1S/C12H19N3O/c1-10(9-13)8-12(16)15-7-5-11-4-2-3-6-14-11/h2-4,6,10H,5,7-9,13H2,1H3,(H,15,16). The largest absolute Gasteiger partial charge is 0.356 e. The Labute approximate surface area is 96.3 Å². The van der Waals surface area contributed by atoms with Crippen molar-refractivity contribution in [2.75, 3.05) is 13.1 Å². The van der Waals surface area contributed by atoms with Crippen LogP contribution in [0.15, 0.2) is 24.4 Å². The molecule has 1 amide bonds. The number of nitrogens with one attached hydrogen (secondary N) is 1. The van der Waals surface area contributed by atoms with E-state index in [1.165, 1.54) is 0 Å². The van der Waals surface area contributed by atoms with E-state index in [1.54, 1.807) is 6.20 Å². The van der Waals surface area contributed by atoms with E-state index in [-0.39, 0.29) is 11.8 Å². The van der Waals surface area contributed by atoms with Gasteiger partial charge < -0.3 is 11.1 Å². The molecule has 1 atom stereocenters. The maximum atomic E-state index is 11.4. The molecule has 0 aromatic carbocycles. The minimum Gasteiger partial charge on any atom is -0.356 e. The van der Waals surface area contributed by atoms with Gasteiger partial charge in [-0.2, -0.15) is 0 Å². The van der Waals surface area contributed by atoms with Crippen LogP contribution in [-0.4, -0.2) is 24.0 Å². The fourth-order valence-corrected chi connectivity index (χ4v) is 1.35. The summed E-state index contributed by atoms with van der Waals surface area (Å²) in [6.45, 7) is 3.15. The number of hydrogen-bond acceptors (Lipinski definition) is 3. The molecule has 0 aliphatic rings. The van der Waals surface area contributed by atoms with Crippen molar-refractivity contribution in [3.05, 3.63) is 30.1 Å². The Morgan fingerprint density at radius 1 is 1.56 bits per heavy atom. The van der Waals surface area contributed by atoms with E-state index in [1.807, 2.05) is 25.1 Å². The summed E-state index contributed by atoms with van der Waals surface area (Å²) < 4.78 is 0. The summed E-state index contributed by atoms with van der Waals surface area (Å²) in [5, 5.41) is 2.86. The zero-order valence-corrected chi connectivity index (χ0v) is 9.65. The number of nitrogens with zero attached hydrogens (tertiary/aromatic N) is 1. The van der Waals surface area contributed by atoms with Gasteiger partial charge in [0.2, 0.25) is 5.91 Å². The van der Waals surface area contributed by atoms with Gasteiger partial charge in [0.1, 0.15) is 0 Å². The minimum absolute atomic E-state index is 0.0638. The van der Waals surface area contributed by atoms with Gasteiger partial charge in [0.15, 0.2) is 0 Å². The minimum atomic E-state index is 0.0638. The lowest BCUT2D eigenvalue weighted by Crippen LogP contribution is -2.28. The summed E-state index contributed by atoms with van der Waals surface area (Å²) in [4.78, 5) is 15.6. The molecule has 0 aliphatic carbocycles. The highest BCUT2D eigenvalue weighted by Crippen LogP contribution is 1.98. The van der Waals surface area contributed by atoms with Gasteiger partial charge in [0, 0.05) is 31.3 Å². The Hall–Kier alpha value is -1.42. The predicted octanol–water partition coefficient (Wildman–Crippen LogP) is 0.725. The van der Waals surface area contributed by atoms with E-state index in [2.05, 4.69) is 10.3 Å². The molecule has 88 valence electrons. The molecule has 16 heavy (non-hydrogen) atoms. The highest BCUT2D eigenvalue weighted by molar-refractivity contribution is 5.76. The molecule has 0 saturated heterocycles. The molecule has 1 aromatic rings. The van der Waals surface area contributed by atoms with Gasteiger partial charge in [-0.15, -0.1) is 0 Å². The number of pyridine rings is 1. The summed E-state index contributed by atoms with van der Waals surface area (Å²) in [6.07, 6.45) is 3.02. The molecule has 0 saturated carbocycles. The first kappa shape index (κ1) is 12.6. The highest BCUT2D eigenvalue weighted by atomic mass is 16.1. The smallest absolute Gasteiger partial charge is 0.220 e. The first-order valence-corrected chi connectivity index (χ1v) is 5.59. The number of amides is 1. The van der Waals surface area contributed by atoms with Crippen LogP contribution in [0.5, 0.6) is 0 Å². The van der Waals surface area contributed by atoms with Gasteiger partial charge in [-0.25, -0.2) is 0 Å². The lowest BCUT2D eigenvalue weighted by atomic mass is 10.1. The molecule has 1 aromatic heterocycles. The molecule has 0 aliphatic heterocycles. The number of hydrogen-bond donors (Lipinski definition) is 2.